The van der Waals surface area contributed by atoms with Crippen LogP contribution in [0.5, 0.6) is 0 Å². The molecule has 0 aromatic carbocycles. The molecule has 0 fully saturated rings. The number of halogens is 1. The van der Waals surface area contributed by atoms with Gasteiger partial charge in [0.25, 0.3) is 0 Å². The summed E-state index contributed by atoms with van der Waals surface area (Å²) in [7, 11) is 1.91. The summed E-state index contributed by atoms with van der Waals surface area (Å²) < 4.78 is 1.79. The first-order valence-electron chi connectivity index (χ1n) is 4.09. The van der Waals surface area contributed by atoms with E-state index in [4.69, 9.17) is 0 Å². The van der Waals surface area contributed by atoms with Crippen molar-refractivity contribution in [1.29, 1.82) is 0 Å². The van der Waals surface area contributed by atoms with Crippen LogP contribution in [0.15, 0.2) is 29.9 Å². The maximum absolute atomic E-state index is 4.07. The molecule has 2 aromatic rings. The molecule has 2 rings (SSSR count). The van der Waals surface area contributed by atoms with Crippen LogP contribution < -0.4 is 5.32 Å². The van der Waals surface area contributed by atoms with E-state index in [9.17, 15) is 0 Å². The van der Waals surface area contributed by atoms with Crippen molar-refractivity contribution in [3.63, 3.8) is 0 Å². The smallest absolute Gasteiger partial charge is 0.0729 e. The quantitative estimate of drug-likeness (QED) is 0.877. The number of rotatable bonds is 3. The predicted molar refractivity (Wildman–Crippen MR) is 62.1 cm³/mol. The predicted octanol–water partition coefficient (Wildman–Crippen LogP) is 2.52. The average Bonchev–Trinajstić information content (AvgIpc) is 2.71. The van der Waals surface area contributed by atoms with Crippen LogP contribution in [-0.4, -0.2) is 9.78 Å². The average molecular weight is 230 g/mol. The fourth-order valence-corrected chi connectivity index (χ4v) is 1.76. The van der Waals surface area contributed by atoms with E-state index >= 15 is 0 Å². The summed E-state index contributed by atoms with van der Waals surface area (Å²) in [6, 6.07) is 4.18. The number of nitrogens with zero attached hydrogens (tertiary/aromatic N) is 2. The molecule has 0 aliphatic heterocycles. The molecule has 2 aromatic heterocycles. The summed E-state index contributed by atoms with van der Waals surface area (Å²) in [4.78, 5) is 1.34. The lowest BCUT2D eigenvalue weighted by molar-refractivity contribution is 0.768. The van der Waals surface area contributed by atoms with Crippen molar-refractivity contribution in [2.75, 3.05) is 5.32 Å². The zero-order valence-electron chi connectivity index (χ0n) is 7.80. The third-order valence-electron chi connectivity index (χ3n) is 1.75. The van der Waals surface area contributed by atoms with Gasteiger partial charge in [0, 0.05) is 24.7 Å². The van der Waals surface area contributed by atoms with Crippen LogP contribution >= 0.6 is 23.7 Å². The molecule has 0 radical (unpaired) electrons. The van der Waals surface area contributed by atoms with Gasteiger partial charge in [-0.3, -0.25) is 4.68 Å². The summed E-state index contributed by atoms with van der Waals surface area (Å²) in [5.41, 5.74) is 1.07. The number of nitrogens with one attached hydrogen (secondary N) is 1. The molecule has 2 heterocycles. The SMILES string of the molecule is Cl.Cn1cc(NCc2cccs2)cn1. The normalized spacial score (nSPS) is 9.50. The monoisotopic (exact) mass is 229 g/mol. The van der Waals surface area contributed by atoms with Gasteiger partial charge in [-0.15, -0.1) is 23.7 Å². The molecule has 0 saturated heterocycles. The Hall–Kier alpha value is -1.00. The molecule has 5 heteroatoms. The Balaban J connectivity index is 0.000000980. The Morgan fingerprint density at radius 1 is 1.57 bits per heavy atom. The molecular weight excluding hydrogens is 218 g/mol. The van der Waals surface area contributed by atoms with Crippen molar-refractivity contribution >= 4 is 29.4 Å². The van der Waals surface area contributed by atoms with E-state index in [1.165, 1.54) is 4.88 Å². The maximum atomic E-state index is 4.07. The lowest BCUT2D eigenvalue weighted by Gasteiger charge is -1.99. The Morgan fingerprint density at radius 2 is 2.43 bits per heavy atom. The molecule has 0 amide bonds. The first kappa shape index (κ1) is 11.1. The zero-order valence-corrected chi connectivity index (χ0v) is 9.44. The van der Waals surface area contributed by atoms with Crippen molar-refractivity contribution in [1.82, 2.24) is 9.78 Å². The van der Waals surface area contributed by atoms with Gasteiger partial charge in [0.1, 0.15) is 0 Å². The Labute approximate surface area is 93.2 Å². The first-order chi connectivity index (χ1) is 6.34. The third kappa shape index (κ3) is 2.75. The van der Waals surface area contributed by atoms with E-state index in [-0.39, 0.29) is 12.4 Å². The van der Waals surface area contributed by atoms with Crippen molar-refractivity contribution in [2.24, 2.45) is 7.05 Å². The van der Waals surface area contributed by atoms with Crippen LogP contribution in [0.4, 0.5) is 5.69 Å². The van der Waals surface area contributed by atoms with Crippen molar-refractivity contribution in [2.45, 2.75) is 6.54 Å². The molecule has 0 unspecified atom stereocenters. The molecule has 0 saturated carbocycles. The molecule has 0 spiro atoms. The Bertz CT molecular complexity index is 369. The van der Waals surface area contributed by atoms with E-state index in [2.05, 4.69) is 27.9 Å². The largest absolute Gasteiger partial charge is 0.378 e. The van der Waals surface area contributed by atoms with Gasteiger partial charge in [-0.1, -0.05) is 6.07 Å². The van der Waals surface area contributed by atoms with E-state index in [0.717, 1.165) is 12.2 Å². The summed E-state index contributed by atoms with van der Waals surface area (Å²) in [6.07, 6.45) is 3.79. The van der Waals surface area contributed by atoms with Crippen LogP contribution in [0.2, 0.25) is 0 Å². The topological polar surface area (TPSA) is 29.9 Å². The number of aryl methyl sites for hydroxylation is 1. The fraction of sp³-hybridized carbons (Fsp3) is 0.222. The first-order valence-corrected chi connectivity index (χ1v) is 4.97. The highest BCUT2D eigenvalue weighted by molar-refractivity contribution is 7.09. The number of hydrogen-bond acceptors (Lipinski definition) is 3. The van der Waals surface area contributed by atoms with E-state index in [0.29, 0.717) is 0 Å². The molecule has 76 valence electrons. The van der Waals surface area contributed by atoms with E-state index in [1.54, 1.807) is 16.0 Å². The minimum Gasteiger partial charge on any atom is -0.378 e. The van der Waals surface area contributed by atoms with Gasteiger partial charge in [0.2, 0.25) is 0 Å². The second kappa shape index (κ2) is 5.02. The lowest BCUT2D eigenvalue weighted by Crippen LogP contribution is -1.95. The minimum atomic E-state index is 0. The number of hydrogen-bond donors (Lipinski definition) is 1. The van der Waals surface area contributed by atoms with Crippen LogP contribution in [0.25, 0.3) is 0 Å². The van der Waals surface area contributed by atoms with E-state index < -0.39 is 0 Å². The maximum Gasteiger partial charge on any atom is 0.0729 e. The molecule has 14 heavy (non-hydrogen) atoms. The highest BCUT2D eigenvalue weighted by atomic mass is 35.5. The Morgan fingerprint density at radius 3 is 3.00 bits per heavy atom. The second-order valence-electron chi connectivity index (χ2n) is 2.84. The van der Waals surface area contributed by atoms with Crippen LogP contribution in [0, 0.1) is 0 Å². The standard InChI is InChI=1S/C9H11N3S.ClH/c1-12-7-8(5-11-12)10-6-9-3-2-4-13-9;/h2-5,7,10H,6H2,1H3;1H. The summed E-state index contributed by atoms with van der Waals surface area (Å²) in [5, 5.41) is 9.45. The fourth-order valence-electron chi connectivity index (χ4n) is 1.11. The van der Waals surface area contributed by atoms with Gasteiger partial charge >= 0.3 is 0 Å². The van der Waals surface area contributed by atoms with Crippen LogP contribution in [0.1, 0.15) is 4.88 Å². The molecule has 0 bridgehead atoms. The summed E-state index contributed by atoms with van der Waals surface area (Å²) >= 11 is 1.76. The zero-order chi connectivity index (χ0) is 9.10. The highest BCUT2D eigenvalue weighted by Crippen LogP contribution is 2.11. The summed E-state index contributed by atoms with van der Waals surface area (Å²) in [5.74, 6) is 0. The van der Waals surface area contributed by atoms with Crippen LogP contribution in [0.3, 0.4) is 0 Å². The van der Waals surface area contributed by atoms with Gasteiger partial charge in [-0.25, -0.2) is 0 Å². The lowest BCUT2D eigenvalue weighted by atomic mass is 10.4. The number of anilines is 1. The molecule has 1 N–H and O–H groups in total. The highest BCUT2D eigenvalue weighted by Gasteiger charge is 1.95. The van der Waals surface area contributed by atoms with Gasteiger partial charge in [-0.05, 0) is 11.4 Å². The molecule has 3 nitrogen and oxygen atoms in total. The van der Waals surface area contributed by atoms with Gasteiger partial charge in [-0.2, -0.15) is 5.10 Å². The minimum absolute atomic E-state index is 0. The molecule has 0 aliphatic rings. The van der Waals surface area contributed by atoms with Gasteiger partial charge < -0.3 is 5.32 Å². The van der Waals surface area contributed by atoms with Gasteiger partial charge in [0.15, 0.2) is 0 Å². The van der Waals surface area contributed by atoms with Crippen molar-refractivity contribution in [3.05, 3.63) is 34.8 Å². The summed E-state index contributed by atoms with van der Waals surface area (Å²) in [6.45, 7) is 0.878. The molecule has 0 atom stereocenters. The van der Waals surface area contributed by atoms with Gasteiger partial charge in [0.05, 0.1) is 11.9 Å². The molecular formula is C9H12ClN3S. The molecule has 0 aliphatic carbocycles. The third-order valence-corrected chi connectivity index (χ3v) is 2.63. The number of aromatic nitrogens is 2. The van der Waals surface area contributed by atoms with Crippen molar-refractivity contribution in [3.8, 4) is 0 Å². The number of thiophene rings is 1. The second-order valence-corrected chi connectivity index (χ2v) is 3.87. The van der Waals surface area contributed by atoms with Crippen molar-refractivity contribution < 1.29 is 0 Å². The van der Waals surface area contributed by atoms with Crippen LogP contribution in [-0.2, 0) is 13.6 Å². The van der Waals surface area contributed by atoms with E-state index in [1.807, 2.05) is 19.4 Å². The Kier molecular flexibility index (Phi) is 3.98.